The Labute approximate surface area is 167 Å². The van der Waals surface area contributed by atoms with E-state index >= 15 is 0 Å². The molecule has 0 saturated carbocycles. The molecular formula is C23H22FN3O2. The highest BCUT2D eigenvalue weighted by Crippen LogP contribution is 2.30. The summed E-state index contributed by atoms with van der Waals surface area (Å²) in [6.45, 7) is 1.84. The Morgan fingerprint density at radius 2 is 2.10 bits per heavy atom. The van der Waals surface area contributed by atoms with E-state index in [0.717, 1.165) is 34.0 Å². The molecule has 29 heavy (non-hydrogen) atoms. The topological polar surface area (TPSA) is 50.3 Å². The van der Waals surface area contributed by atoms with Crippen molar-refractivity contribution in [2.24, 2.45) is 0 Å². The standard InChI is InChI=1S/C23H22FN3O2/c1-29-17-4-5-20-18(13-17)19-14-27(10-7-21(19)25-20)23(28)8-11-26-9-6-15-2-3-16(24)12-22(15)26/h2-6,9,12-13,25H,7-8,10-11,14H2,1H3. The van der Waals surface area contributed by atoms with Gasteiger partial charge in [0.25, 0.3) is 0 Å². The highest BCUT2D eigenvalue weighted by Gasteiger charge is 2.24. The average Bonchev–Trinajstić information content (AvgIpc) is 3.31. The second kappa shape index (κ2) is 6.95. The molecule has 0 atom stereocenters. The number of benzene rings is 2. The number of ether oxygens (including phenoxy) is 1. The second-order valence-corrected chi connectivity index (χ2v) is 7.52. The number of amides is 1. The van der Waals surface area contributed by atoms with Crippen LogP contribution in [0, 0.1) is 5.82 Å². The lowest BCUT2D eigenvalue weighted by Crippen LogP contribution is -2.36. The molecular weight excluding hydrogens is 369 g/mol. The van der Waals surface area contributed by atoms with Crippen molar-refractivity contribution < 1.29 is 13.9 Å². The van der Waals surface area contributed by atoms with Gasteiger partial charge in [0.15, 0.2) is 0 Å². The molecule has 148 valence electrons. The molecule has 5 nitrogen and oxygen atoms in total. The Kier molecular flexibility index (Phi) is 4.27. The fraction of sp³-hybridized carbons (Fsp3) is 0.261. The molecule has 0 saturated heterocycles. The third kappa shape index (κ3) is 3.14. The second-order valence-electron chi connectivity index (χ2n) is 7.52. The first-order valence-corrected chi connectivity index (χ1v) is 9.82. The molecule has 0 radical (unpaired) electrons. The number of fused-ring (bicyclic) bond motifs is 4. The third-order valence-corrected chi connectivity index (χ3v) is 5.84. The first kappa shape index (κ1) is 17.8. The molecule has 1 aliphatic rings. The molecule has 1 N–H and O–H groups in total. The van der Waals surface area contributed by atoms with Crippen molar-refractivity contribution in [3.63, 3.8) is 0 Å². The summed E-state index contributed by atoms with van der Waals surface area (Å²) in [5.74, 6) is 0.669. The zero-order valence-corrected chi connectivity index (χ0v) is 16.2. The number of aromatic amines is 1. The quantitative estimate of drug-likeness (QED) is 0.566. The Morgan fingerprint density at radius 3 is 2.97 bits per heavy atom. The lowest BCUT2D eigenvalue weighted by Gasteiger charge is -2.27. The van der Waals surface area contributed by atoms with Crippen molar-refractivity contribution in [1.82, 2.24) is 14.5 Å². The van der Waals surface area contributed by atoms with Gasteiger partial charge in [-0.1, -0.05) is 0 Å². The fourth-order valence-corrected chi connectivity index (χ4v) is 4.26. The number of halogens is 1. The van der Waals surface area contributed by atoms with Crippen LogP contribution in [0.1, 0.15) is 17.7 Å². The molecule has 2 aromatic heterocycles. The van der Waals surface area contributed by atoms with Crippen molar-refractivity contribution in [3.8, 4) is 5.75 Å². The molecule has 4 aromatic rings. The maximum Gasteiger partial charge on any atom is 0.224 e. The van der Waals surface area contributed by atoms with Gasteiger partial charge < -0.3 is 19.2 Å². The van der Waals surface area contributed by atoms with Crippen LogP contribution in [0.25, 0.3) is 21.8 Å². The number of carbonyl (C=O) groups is 1. The minimum atomic E-state index is -0.262. The molecule has 1 aliphatic heterocycles. The van der Waals surface area contributed by atoms with Gasteiger partial charge in [-0.05, 0) is 47.9 Å². The Bertz CT molecular complexity index is 1220. The molecule has 5 rings (SSSR count). The predicted octanol–water partition coefficient (Wildman–Crippen LogP) is 4.25. The summed E-state index contributed by atoms with van der Waals surface area (Å²) in [6.07, 6.45) is 3.12. The van der Waals surface area contributed by atoms with Gasteiger partial charge in [0, 0.05) is 60.8 Å². The van der Waals surface area contributed by atoms with E-state index in [1.165, 1.54) is 23.4 Å². The molecule has 0 aliphatic carbocycles. The summed E-state index contributed by atoms with van der Waals surface area (Å²) in [7, 11) is 1.66. The van der Waals surface area contributed by atoms with Crippen molar-refractivity contribution in [2.45, 2.75) is 25.9 Å². The molecule has 0 unspecified atom stereocenters. The lowest BCUT2D eigenvalue weighted by molar-refractivity contribution is -0.132. The average molecular weight is 391 g/mol. The summed E-state index contributed by atoms with van der Waals surface area (Å²) in [5, 5.41) is 2.10. The van der Waals surface area contributed by atoms with Gasteiger partial charge in [-0.25, -0.2) is 4.39 Å². The van der Waals surface area contributed by atoms with Crippen LogP contribution in [0.15, 0.2) is 48.7 Å². The molecule has 0 bridgehead atoms. The maximum absolute atomic E-state index is 13.6. The predicted molar refractivity (Wildman–Crippen MR) is 110 cm³/mol. The highest BCUT2D eigenvalue weighted by atomic mass is 19.1. The molecule has 3 heterocycles. The van der Waals surface area contributed by atoms with E-state index in [1.807, 2.05) is 39.9 Å². The summed E-state index contributed by atoms with van der Waals surface area (Å²) in [5.41, 5.74) is 4.27. The summed E-state index contributed by atoms with van der Waals surface area (Å²) < 4.78 is 20.9. The molecule has 1 amide bonds. The normalized spacial score (nSPS) is 13.8. The molecule has 6 heteroatoms. The largest absolute Gasteiger partial charge is 0.497 e. The summed E-state index contributed by atoms with van der Waals surface area (Å²) in [4.78, 5) is 18.3. The van der Waals surface area contributed by atoms with Crippen LogP contribution in [0.3, 0.4) is 0 Å². The van der Waals surface area contributed by atoms with Crippen molar-refractivity contribution in [1.29, 1.82) is 0 Å². The zero-order valence-electron chi connectivity index (χ0n) is 16.2. The first-order chi connectivity index (χ1) is 14.1. The molecule has 2 aromatic carbocycles. The van der Waals surface area contributed by atoms with Crippen molar-refractivity contribution in [2.75, 3.05) is 13.7 Å². The first-order valence-electron chi connectivity index (χ1n) is 9.82. The van der Waals surface area contributed by atoms with Crippen LogP contribution < -0.4 is 4.74 Å². The molecule has 0 spiro atoms. The smallest absolute Gasteiger partial charge is 0.224 e. The van der Waals surface area contributed by atoms with Gasteiger partial charge in [-0.2, -0.15) is 0 Å². The number of hydrogen-bond acceptors (Lipinski definition) is 2. The van der Waals surface area contributed by atoms with E-state index < -0.39 is 0 Å². The van der Waals surface area contributed by atoms with Gasteiger partial charge in [0.2, 0.25) is 5.91 Å². The van der Waals surface area contributed by atoms with Gasteiger partial charge in [0.1, 0.15) is 11.6 Å². The minimum Gasteiger partial charge on any atom is -0.497 e. The van der Waals surface area contributed by atoms with E-state index in [-0.39, 0.29) is 11.7 Å². The Balaban J connectivity index is 1.33. The lowest BCUT2D eigenvalue weighted by atomic mass is 10.0. The van der Waals surface area contributed by atoms with Gasteiger partial charge >= 0.3 is 0 Å². The van der Waals surface area contributed by atoms with E-state index in [0.29, 0.717) is 26.1 Å². The van der Waals surface area contributed by atoms with Crippen LogP contribution in [0.2, 0.25) is 0 Å². The van der Waals surface area contributed by atoms with Gasteiger partial charge in [-0.15, -0.1) is 0 Å². The van der Waals surface area contributed by atoms with Gasteiger partial charge in [-0.3, -0.25) is 4.79 Å². The van der Waals surface area contributed by atoms with E-state index in [1.54, 1.807) is 13.2 Å². The number of aromatic nitrogens is 2. The van der Waals surface area contributed by atoms with E-state index in [9.17, 15) is 9.18 Å². The van der Waals surface area contributed by atoms with Gasteiger partial charge in [0.05, 0.1) is 12.6 Å². The number of rotatable bonds is 4. The fourth-order valence-electron chi connectivity index (χ4n) is 4.26. The summed E-state index contributed by atoms with van der Waals surface area (Å²) in [6, 6.07) is 12.7. The Hall–Kier alpha value is -3.28. The minimum absolute atomic E-state index is 0.117. The van der Waals surface area contributed by atoms with Crippen molar-refractivity contribution in [3.05, 3.63) is 65.7 Å². The third-order valence-electron chi connectivity index (χ3n) is 5.84. The molecule has 0 fully saturated rings. The van der Waals surface area contributed by atoms with Crippen LogP contribution in [-0.4, -0.2) is 34.0 Å². The highest BCUT2D eigenvalue weighted by molar-refractivity contribution is 5.87. The van der Waals surface area contributed by atoms with Crippen LogP contribution in [0.5, 0.6) is 5.75 Å². The monoisotopic (exact) mass is 391 g/mol. The zero-order chi connectivity index (χ0) is 20.0. The van der Waals surface area contributed by atoms with Crippen LogP contribution in [-0.2, 0) is 24.3 Å². The number of aryl methyl sites for hydroxylation is 1. The summed E-state index contributed by atoms with van der Waals surface area (Å²) >= 11 is 0. The van der Waals surface area contributed by atoms with Crippen LogP contribution in [0.4, 0.5) is 4.39 Å². The van der Waals surface area contributed by atoms with Crippen LogP contribution >= 0.6 is 0 Å². The maximum atomic E-state index is 13.6. The van der Waals surface area contributed by atoms with E-state index in [2.05, 4.69) is 4.98 Å². The number of carbonyl (C=O) groups excluding carboxylic acids is 1. The van der Waals surface area contributed by atoms with E-state index in [4.69, 9.17) is 4.74 Å². The SMILES string of the molecule is COc1ccc2[nH]c3c(c2c1)CN(C(=O)CCn1ccc2ccc(F)cc21)CC3. The van der Waals surface area contributed by atoms with Crippen molar-refractivity contribution >= 4 is 27.7 Å². The number of nitrogens with one attached hydrogen (secondary N) is 1. The number of H-pyrrole nitrogens is 1. The number of hydrogen-bond donors (Lipinski definition) is 1. The number of nitrogens with zero attached hydrogens (tertiary/aromatic N) is 2. The number of methoxy groups -OCH3 is 1. The Morgan fingerprint density at radius 1 is 1.21 bits per heavy atom.